The minimum atomic E-state index is -0.250. The number of benzene rings is 1. The van der Waals surface area contributed by atoms with Gasteiger partial charge in [0.05, 0.1) is 13.2 Å². The number of methoxy groups -OCH3 is 1. The number of carbonyl (C=O) groups excluding carboxylic acids is 1. The maximum atomic E-state index is 11.9. The van der Waals surface area contributed by atoms with Crippen LogP contribution >= 0.6 is 0 Å². The average Bonchev–Trinajstić information content (AvgIpc) is 2.49. The summed E-state index contributed by atoms with van der Waals surface area (Å²) in [6.07, 6.45) is 3.41. The Morgan fingerprint density at radius 1 is 1.15 bits per heavy atom. The number of ether oxygens (including phenoxy) is 1. The van der Waals surface area contributed by atoms with Crippen molar-refractivity contribution in [3.8, 4) is 5.75 Å². The van der Waals surface area contributed by atoms with Gasteiger partial charge in [-0.05, 0) is 48.9 Å². The minimum Gasteiger partial charge on any atom is -0.497 e. The van der Waals surface area contributed by atoms with Gasteiger partial charge < -0.3 is 15.4 Å². The van der Waals surface area contributed by atoms with E-state index in [0.29, 0.717) is 5.69 Å². The smallest absolute Gasteiger partial charge is 0.319 e. The van der Waals surface area contributed by atoms with Crippen molar-refractivity contribution in [2.75, 3.05) is 12.4 Å². The van der Waals surface area contributed by atoms with Gasteiger partial charge in [0.2, 0.25) is 0 Å². The molecule has 0 aliphatic rings. The van der Waals surface area contributed by atoms with Gasteiger partial charge in [0.15, 0.2) is 0 Å². The molecule has 104 valence electrons. The van der Waals surface area contributed by atoms with Gasteiger partial charge in [0, 0.05) is 18.1 Å². The number of urea groups is 1. The molecule has 1 aromatic heterocycles. The SMILES string of the molecule is COc1ccc(NC(=O)N[C@@H](C)c2ccncc2)cc1. The summed E-state index contributed by atoms with van der Waals surface area (Å²) >= 11 is 0. The van der Waals surface area contributed by atoms with Crippen molar-refractivity contribution < 1.29 is 9.53 Å². The second kappa shape index (κ2) is 6.56. The van der Waals surface area contributed by atoms with E-state index in [9.17, 15) is 4.79 Å². The molecule has 0 spiro atoms. The number of amides is 2. The van der Waals surface area contributed by atoms with Crippen molar-refractivity contribution in [1.82, 2.24) is 10.3 Å². The van der Waals surface area contributed by atoms with E-state index < -0.39 is 0 Å². The molecule has 0 saturated carbocycles. The van der Waals surface area contributed by atoms with Crippen LogP contribution in [0.25, 0.3) is 0 Å². The number of carbonyl (C=O) groups is 1. The molecule has 1 aromatic carbocycles. The van der Waals surface area contributed by atoms with Crippen LogP contribution in [0.4, 0.5) is 10.5 Å². The van der Waals surface area contributed by atoms with Gasteiger partial charge in [-0.2, -0.15) is 0 Å². The molecule has 0 unspecified atom stereocenters. The predicted molar refractivity (Wildman–Crippen MR) is 77.8 cm³/mol. The number of nitrogens with one attached hydrogen (secondary N) is 2. The zero-order valence-corrected chi connectivity index (χ0v) is 11.5. The van der Waals surface area contributed by atoms with Gasteiger partial charge in [-0.3, -0.25) is 4.98 Å². The zero-order chi connectivity index (χ0) is 14.4. The van der Waals surface area contributed by atoms with Crippen molar-refractivity contribution in [2.24, 2.45) is 0 Å². The van der Waals surface area contributed by atoms with E-state index in [2.05, 4.69) is 15.6 Å². The molecule has 20 heavy (non-hydrogen) atoms. The Bertz CT molecular complexity index is 555. The topological polar surface area (TPSA) is 63.2 Å². The summed E-state index contributed by atoms with van der Waals surface area (Å²) in [5, 5.41) is 5.64. The highest BCUT2D eigenvalue weighted by Gasteiger charge is 2.09. The van der Waals surface area contributed by atoms with Gasteiger partial charge in [-0.1, -0.05) is 0 Å². The van der Waals surface area contributed by atoms with E-state index in [1.807, 2.05) is 19.1 Å². The summed E-state index contributed by atoms with van der Waals surface area (Å²) < 4.78 is 5.06. The summed E-state index contributed by atoms with van der Waals surface area (Å²) in [5.41, 5.74) is 1.72. The van der Waals surface area contributed by atoms with Crippen molar-refractivity contribution in [3.05, 3.63) is 54.4 Å². The quantitative estimate of drug-likeness (QED) is 0.898. The van der Waals surface area contributed by atoms with Crippen LogP contribution in [0.2, 0.25) is 0 Å². The highest BCUT2D eigenvalue weighted by atomic mass is 16.5. The van der Waals surface area contributed by atoms with Crippen LogP contribution in [0.3, 0.4) is 0 Å². The molecule has 0 aliphatic heterocycles. The minimum absolute atomic E-state index is 0.0868. The third kappa shape index (κ3) is 3.71. The van der Waals surface area contributed by atoms with Gasteiger partial charge in [-0.15, -0.1) is 0 Å². The normalized spacial score (nSPS) is 11.5. The number of nitrogens with zero attached hydrogens (tertiary/aromatic N) is 1. The fraction of sp³-hybridized carbons (Fsp3) is 0.200. The van der Waals surface area contributed by atoms with Crippen LogP contribution in [0.1, 0.15) is 18.5 Å². The highest BCUT2D eigenvalue weighted by molar-refractivity contribution is 5.89. The van der Waals surface area contributed by atoms with Crippen LogP contribution in [-0.4, -0.2) is 18.1 Å². The van der Waals surface area contributed by atoms with Crippen LogP contribution in [0, 0.1) is 0 Å². The third-order valence-electron chi connectivity index (χ3n) is 2.90. The number of pyridine rings is 1. The Morgan fingerprint density at radius 2 is 1.80 bits per heavy atom. The Kier molecular flexibility index (Phi) is 4.55. The fourth-order valence-corrected chi connectivity index (χ4v) is 1.77. The molecular formula is C15H17N3O2. The molecule has 5 heteroatoms. The molecule has 1 atom stereocenters. The first kappa shape index (κ1) is 13.9. The van der Waals surface area contributed by atoms with E-state index in [0.717, 1.165) is 11.3 Å². The molecule has 0 aliphatic carbocycles. The highest BCUT2D eigenvalue weighted by Crippen LogP contribution is 2.15. The summed E-state index contributed by atoms with van der Waals surface area (Å²) in [5.74, 6) is 0.751. The largest absolute Gasteiger partial charge is 0.497 e. The van der Waals surface area contributed by atoms with Crippen LogP contribution in [-0.2, 0) is 0 Å². The summed E-state index contributed by atoms with van der Waals surface area (Å²) in [6.45, 7) is 1.92. The maximum absolute atomic E-state index is 11.9. The van der Waals surface area contributed by atoms with Crippen LogP contribution < -0.4 is 15.4 Å². The first-order valence-electron chi connectivity index (χ1n) is 6.30. The first-order chi connectivity index (χ1) is 9.69. The average molecular weight is 271 g/mol. The van der Waals surface area contributed by atoms with E-state index >= 15 is 0 Å². The molecule has 0 saturated heterocycles. The number of anilines is 1. The molecule has 1 heterocycles. The molecular weight excluding hydrogens is 254 g/mol. The lowest BCUT2D eigenvalue weighted by atomic mass is 10.1. The number of aromatic nitrogens is 1. The van der Waals surface area contributed by atoms with Gasteiger partial charge in [0.1, 0.15) is 5.75 Å². The second-order valence-corrected chi connectivity index (χ2v) is 4.33. The Morgan fingerprint density at radius 3 is 2.40 bits per heavy atom. The monoisotopic (exact) mass is 271 g/mol. The number of hydrogen-bond donors (Lipinski definition) is 2. The van der Waals surface area contributed by atoms with Gasteiger partial charge in [0.25, 0.3) is 0 Å². The van der Waals surface area contributed by atoms with Gasteiger partial charge in [-0.25, -0.2) is 4.79 Å². The predicted octanol–water partition coefficient (Wildman–Crippen LogP) is 2.97. The van der Waals surface area contributed by atoms with Crippen LogP contribution in [0.15, 0.2) is 48.8 Å². The lowest BCUT2D eigenvalue weighted by molar-refractivity contribution is 0.249. The molecule has 0 bridgehead atoms. The summed E-state index contributed by atoms with van der Waals surface area (Å²) in [7, 11) is 1.60. The zero-order valence-electron chi connectivity index (χ0n) is 11.5. The lowest BCUT2D eigenvalue weighted by Gasteiger charge is -2.15. The lowest BCUT2D eigenvalue weighted by Crippen LogP contribution is -2.31. The van der Waals surface area contributed by atoms with E-state index in [-0.39, 0.29) is 12.1 Å². The number of rotatable bonds is 4. The Hall–Kier alpha value is -2.56. The molecule has 0 fully saturated rings. The van der Waals surface area contributed by atoms with Crippen molar-refractivity contribution >= 4 is 11.7 Å². The fourth-order valence-electron chi connectivity index (χ4n) is 1.77. The molecule has 2 aromatic rings. The van der Waals surface area contributed by atoms with E-state index in [1.165, 1.54) is 0 Å². The Balaban J connectivity index is 1.91. The van der Waals surface area contributed by atoms with Crippen LogP contribution in [0.5, 0.6) is 5.75 Å². The molecule has 2 amide bonds. The maximum Gasteiger partial charge on any atom is 0.319 e. The van der Waals surface area contributed by atoms with Crippen molar-refractivity contribution in [1.29, 1.82) is 0 Å². The third-order valence-corrected chi connectivity index (χ3v) is 2.90. The summed E-state index contributed by atoms with van der Waals surface area (Å²) in [4.78, 5) is 15.8. The summed E-state index contributed by atoms with van der Waals surface area (Å²) in [6, 6.07) is 10.6. The first-order valence-corrected chi connectivity index (χ1v) is 6.30. The number of hydrogen-bond acceptors (Lipinski definition) is 3. The standard InChI is InChI=1S/C15H17N3O2/c1-11(12-7-9-16-10-8-12)17-15(19)18-13-3-5-14(20-2)6-4-13/h3-11H,1-2H3,(H2,17,18,19)/t11-/m0/s1. The molecule has 2 rings (SSSR count). The van der Waals surface area contributed by atoms with E-state index in [1.54, 1.807) is 43.8 Å². The molecule has 2 N–H and O–H groups in total. The van der Waals surface area contributed by atoms with Gasteiger partial charge >= 0.3 is 6.03 Å². The Labute approximate surface area is 118 Å². The van der Waals surface area contributed by atoms with Crippen molar-refractivity contribution in [2.45, 2.75) is 13.0 Å². The second-order valence-electron chi connectivity index (χ2n) is 4.33. The van der Waals surface area contributed by atoms with Crippen molar-refractivity contribution in [3.63, 3.8) is 0 Å². The molecule has 0 radical (unpaired) electrons. The molecule has 5 nitrogen and oxygen atoms in total. The van der Waals surface area contributed by atoms with E-state index in [4.69, 9.17) is 4.74 Å².